The molecule has 0 saturated heterocycles. The minimum absolute atomic E-state index is 0.306. The maximum Gasteiger partial charge on any atom is 0.340 e. The van der Waals surface area contributed by atoms with Crippen LogP contribution in [0, 0.1) is 11.3 Å². The van der Waals surface area contributed by atoms with Crippen molar-refractivity contribution in [2.24, 2.45) is 0 Å². The van der Waals surface area contributed by atoms with Crippen LogP contribution >= 0.6 is 0 Å². The van der Waals surface area contributed by atoms with E-state index in [4.69, 9.17) is 14.5 Å². The Bertz CT molecular complexity index is 1320. The normalized spacial score (nSPS) is 10.8. The third-order valence-electron chi connectivity index (χ3n) is 5.43. The van der Waals surface area contributed by atoms with Gasteiger partial charge in [0.1, 0.15) is 12.4 Å². The highest BCUT2D eigenvalue weighted by Crippen LogP contribution is 2.26. The van der Waals surface area contributed by atoms with E-state index in [1.54, 1.807) is 13.0 Å². The Kier molecular flexibility index (Phi) is 6.82. The molecule has 1 aromatic heterocycles. The van der Waals surface area contributed by atoms with Crippen molar-refractivity contribution in [3.63, 3.8) is 0 Å². The number of aromatic nitrogens is 2. The van der Waals surface area contributed by atoms with Crippen molar-refractivity contribution >= 4 is 17.0 Å². The summed E-state index contributed by atoms with van der Waals surface area (Å²) in [6, 6.07) is 23.4. The number of rotatable bonds is 8. The molecular weight excluding hydrogens is 414 g/mol. The summed E-state index contributed by atoms with van der Waals surface area (Å²) in [6.45, 7) is 5.48. The number of nitrogens with zero attached hydrogens (tertiary/aromatic N) is 3. The summed E-state index contributed by atoms with van der Waals surface area (Å²) < 4.78 is 13.0. The first-order valence-corrected chi connectivity index (χ1v) is 11.0. The molecule has 0 unspecified atom stereocenters. The second-order valence-corrected chi connectivity index (χ2v) is 7.50. The minimum atomic E-state index is -0.365. The number of hydrogen-bond acceptors (Lipinski definition) is 5. The highest BCUT2D eigenvalue weighted by atomic mass is 16.5. The van der Waals surface area contributed by atoms with Crippen molar-refractivity contribution in [2.75, 3.05) is 13.2 Å². The number of para-hydroxylation sites is 1. The summed E-state index contributed by atoms with van der Waals surface area (Å²) >= 11 is 0. The summed E-state index contributed by atoms with van der Waals surface area (Å²) in [5, 5.41) is 9.41. The monoisotopic (exact) mass is 439 g/mol. The van der Waals surface area contributed by atoms with Gasteiger partial charge in [-0.3, -0.25) is 0 Å². The van der Waals surface area contributed by atoms with Crippen LogP contribution in [0.25, 0.3) is 22.2 Å². The Hall–Kier alpha value is -3.95. The molecule has 0 N–H and O–H groups in total. The lowest BCUT2D eigenvalue weighted by Crippen LogP contribution is -2.11. The number of ether oxygens (including phenoxy) is 2. The average Bonchev–Trinajstić information content (AvgIpc) is 3.20. The van der Waals surface area contributed by atoms with Gasteiger partial charge in [0.15, 0.2) is 0 Å². The minimum Gasteiger partial charge on any atom is -0.462 e. The predicted molar refractivity (Wildman–Crippen MR) is 127 cm³/mol. The van der Waals surface area contributed by atoms with Gasteiger partial charge in [0.25, 0.3) is 0 Å². The van der Waals surface area contributed by atoms with Crippen LogP contribution in [0.2, 0.25) is 0 Å². The molecule has 0 aliphatic rings. The van der Waals surface area contributed by atoms with Gasteiger partial charge in [0.2, 0.25) is 0 Å². The second kappa shape index (κ2) is 10.1. The van der Waals surface area contributed by atoms with Crippen molar-refractivity contribution in [3.05, 3.63) is 89.2 Å². The molecule has 4 rings (SSSR count). The maximum atomic E-state index is 12.6. The van der Waals surface area contributed by atoms with Crippen molar-refractivity contribution in [2.45, 2.75) is 27.0 Å². The fourth-order valence-corrected chi connectivity index (χ4v) is 3.89. The van der Waals surface area contributed by atoms with E-state index in [0.29, 0.717) is 37.5 Å². The summed E-state index contributed by atoms with van der Waals surface area (Å²) in [7, 11) is 0. The number of fused-ring (bicyclic) bond motifs is 1. The van der Waals surface area contributed by atoms with E-state index < -0.39 is 0 Å². The van der Waals surface area contributed by atoms with Crippen LogP contribution in [0.5, 0.6) is 0 Å². The highest BCUT2D eigenvalue weighted by molar-refractivity contribution is 6.02. The molecule has 0 amide bonds. The zero-order valence-corrected chi connectivity index (χ0v) is 18.7. The summed E-state index contributed by atoms with van der Waals surface area (Å²) in [5.74, 6) is 0.387. The molecule has 166 valence electrons. The molecule has 0 bridgehead atoms. The van der Waals surface area contributed by atoms with Gasteiger partial charge in [-0.1, -0.05) is 48.5 Å². The highest BCUT2D eigenvalue weighted by Gasteiger charge is 2.19. The van der Waals surface area contributed by atoms with Gasteiger partial charge < -0.3 is 14.0 Å². The predicted octanol–water partition coefficient (Wildman–Crippen LogP) is 5.34. The first kappa shape index (κ1) is 22.3. The summed E-state index contributed by atoms with van der Waals surface area (Å²) in [5.41, 5.74) is 5.53. The summed E-state index contributed by atoms with van der Waals surface area (Å²) in [4.78, 5) is 17.4. The molecule has 0 saturated carbocycles. The quantitative estimate of drug-likeness (QED) is 0.347. The van der Waals surface area contributed by atoms with E-state index in [1.165, 1.54) is 0 Å². The van der Waals surface area contributed by atoms with Gasteiger partial charge in [0.05, 0.1) is 34.8 Å². The van der Waals surface area contributed by atoms with Gasteiger partial charge in [-0.05, 0) is 48.7 Å². The lowest BCUT2D eigenvalue weighted by Gasteiger charge is -2.12. The lowest BCUT2D eigenvalue weighted by molar-refractivity contribution is 0.0528. The first-order chi connectivity index (χ1) is 16.2. The van der Waals surface area contributed by atoms with Gasteiger partial charge in [0, 0.05) is 13.2 Å². The van der Waals surface area contributed by atoms with Crippen molar-refractivity contribution < 1.29 is 14.3 Å². The molecule has 3 aromatic carbocycles. The van der Waals surface area contributed by atoms with Crippen molar-refractivity contribution in [1.82, 2.24) is 9.55 Å². The van der Waals surface area contributed by atoms with Crippen LogP contribution in [0.4, 0.5) is 0 Å². The Balaban J connectivity index is 1.74. The van der Waals surface area contributed by atoms with Crippen molar-refractivity contribution in [3.8, 4) is 17.2 Å². The van der Waals surface area contributed by atoms with Gasteiger partial charge in [-0.2, -0.15) is 5.26 Å². The molecule has 33 heavy (non-hydrogen) atoms. The van der Waals surface area contributed by atoms with E-state index in [1.807, 2.05) is 72.2 Å². The second-order valence-electron chi connectivity index (χ2n) is 7.50. The fraction of sp³-hybridized carbons (Fsp3) is 0.222. The zero-order valence-electron chi connectivity index (χ0n) is 18.7. The zero-order chi connectivity index (χ0) is 23.2. The molecule has 0 aliphatic carbocycles. The lowest BCUT2D eigenvalue weighted by atomic mass is 9.99. The van der Waals surface area contributed by atoms with Gasteiger partial charge in [-0.25, -0.2) is 9.78 Å². The molecule has 6 heteroatoms. The fourth-order valence-electron chi connectivity index (χ4n) is 3.89. The number of nitriles is 1. The Morgan fingerprint density at radius 2 is 1.79 bits per heavy atom. The van der Waals surface area contributed by atoms with E-state index in [0.717, 1.165) is 33.5 Å². The first-order valence-electron chi connectivity index (χ1n) is 11.0. The largest absolute Gasteiger partial charge is 0.462 e. The number of carbonyl (C=O) groups excluding carboxylic acids is 1. The van der Waals surface area contributed by atoms with E-state index in [9.17, 15) is 10.1 Å². The van der Waals surface area contributed by atoms with E-state index >= 15 is 0 Å². The van der Waals surface area contributed by atoms with Crippen LogP contribution in [-0.2, 0) is 22.6 Å². The molecule has 4 aromatic rings. The maximum absolute atomic E-state index is 12.6. The van der Waals surface area contributed by atoms with Crippen LogP contribution in [-0.4, -0.2) is 28.7 Å². The summed E-state index contributed by atoms with van der Waals surface area (Å²) in [6.07, 6.45) is 0. The topological polar surface area (TPSA) is 77.1 Å². The molecule has 0 radical (unpaired) electrons. The Labute approximate surface area is 193 Å². The number of carbonyl (C=O) groups is 1. The van der Waals surface area contributed by atoms with Gasteiger partial charge in [-0.15, -0.1) is 0 Å². The molecule has 0 atom stereocenters. The number of benzene rings is 3. The molecule has 0 aliphatic heterocycles. The number of hydrogen-bond donors (Lipinski definition) is 0. The van der Waals surface area contributed by atoms with Crippen molar-refractivity contribution in [1.29, 1.82) is 5.26 Å². The SMILES string of the molecule is CCOCc1nc2cccc(C(=O)OCC)c2n1Cc1ccc(-c2ccccc2C#N)cc1. The molecule has 1 heterocycles. The Morgan fingerprint density at radius 1 is 1.00 bits per heavy atom. The third kappa shape index (κ3) is 4.64. The Morgan fingerprint density at radius 3 is 2.52 bits per heavy atom. The average molecular weight is 440 g/mol. The number of imidazole rings is 1. The van der Waals surface area contributed by atoms with Crippen LogP contribution in [0.3, 0.4) is 0 Å². The smallest absolute Gasteiger partial charge is 0.340 e. The molecule has 0 fully saturated rings. The van der Waals surface area contributed by atoms with Crippen LogP contribution < -0.4 is 0 Å². The van der Waals surface area contributed by atoms with Crippen LogP contribution in [0.1, 0.15) is 41.2 Å². The molecule has 6 nitrogen and oxygen atoms in total. The molecule has 0 spiro atoms. The van der Waals surface area contributed by atoms with E-state index in [2.05, 4.69) is 6.07 Å². The molecular formula is C27H25N3O3. The van der Waals surface area contributed by atoms with E-state index in [-0.39, 0.29) is 5.97 Å². The van der Waals surface area contributed by atoms with Crippen LogP contribution in [0.15, 0.2) is 66.7 Å². The number of esters is 1. The standard InChI is InChI=1S/C27H25N3O3/c1-3-32-18-25-29-24-11-7-10-23(27(31)33-4-2)26(24)30(25)17-19-12-14-20(15-13-19)22-9-6-5-8-21(22)16-28/h5-15H,3-4,17-18H2,1-2H3. The van der Waals surface area contributed by atoms with Gasteiger partial charge >= 0.3 is 5.97 Å². The third-order valence-corrected chi connectivity index (χ3v) is 5.43.